The summed E-state index contributed by atoms with van der Waals surface area (Å²) < 4.78 is 70.9. The molecule has 0 aliphatic heterocycles. The topological polar surface area (TPSA) is 0 Å². The monoisotopic (exact) mass is 187 g/mol. The summed E-state index contributed by atoms with van der Waals surface area (Å²) in [5.74, 6) is 0. The molecule has 0 atom stereocenters. The van der Waals surface area contributed by atoms with Crippen LogP contribution in [0.2, 0.25) is 0 Å². The van der Waals surface area contributed by atoms with Crippen molar-refractivity contribution in [3.8, 4) is 0 Å². The predicted molar refractivity (Wildman–Crippen MR) is 61.5 cm³/mol. The fourth-order valence-electron chi connectivity index (χ4n) is 1.33. The molecule has 0 aliphatic carbocycles. The summed E-state index contributed by atoms with van der Waals surface area (Å²) in [5, 5.41) is 0.0409. The molecule has 0 nitrogen and oxygen atoms in total. The van der Waals surface area contributed by atoms with Crippen LogP contribution in [-0.4, -0.2) is 0 Å². The van der Waals surface area contributed by atoms with Gasteiger partial charge in [-0.15, -0.1) is 0 Å². The van der Waals surface area contributed by atoms with E-state index in [1.165, 1.54) is 6.07 Å². The van der Waals surface area contributed by atoms with E-state index in [9.17, 15) is 0 Å². The van der Waals surface area contributed by atoms with Gasteiger partial charge in [-0.2, -0.15) is 0 Å². The molecule has 0 fully saturated rings. The zero-order valence-electron chi connectivity index (χ0n) is 16.1. The SMILES string of the molecule is [2H]c1c([2H])c([2H])c2c([2H])c3c([2H])c([2H])c([2H])c([2H])c3cc2c1[2H]. The van der Waals surface area contributed by atoms with Crippen molar-refractivity contribution < 1.29 is 12.3 Å². The maximum absolute atomic E-state index is 8.25. The first kappa shape index (κ1) is 2.83. The Labute approximate surface area is 95.4 Å². The smallest absolute Gasteiger partial charge is 0.0616 e. The molecular formula is C14H10. The van der Waals surface area contributed by atoms with E-state index in [1.54, 1.807) is 0 Å². The van der Waals surface area contributed by atoms with E-state index in [4.69, 9.17) is 12.3 Å². The number of fused-ring (bicyclic) bond motifs is 2. The van der Waals surface area contributed by atoms with E-state index < -0.39 is 24.2 Å². The molecule has 14 heavy (non-hydrogen) atoms. The Kier molecular flexibility index (Phi) is 0.576. The fourth-order valence-corrected chi connectivity index (χ4v) is 1.33. The highest BCUT2D eigenvalue weighted by Gasteiger charge is 1.95. The highest BCUT2D eigenvalue weighted by Crippen LogP contribution is 2.21. The van der Waals surface area contributed by atoms with Gasteiger partial charge in [-0.3, -0.25) is 0 Å². The molecule has 0 aliphatic rings. The van der Waals surface area contributed by atoms with Crippen LogP contribution in [0.1, 0.15) is 12.3 Å². The van der Waals surface area contributed by atoms with Crippen LogP contribution < -0.4 is 0 Å². The molecule has 0 bridgehead atoms. The van der Waals surface area contributed by atoms with Gasteiger partial charge in [0.25, 0.3) is 0 Å². The largest absolute Gasteiger partial charge is 0.0636 e. The highest BCUT2D eigenvalue weighted by atomic mass is 14.0. The van der Waals surface area contributed by atoms with Crippen molar-refractivity contribution >= 4 is 21.5 Å². The standard InChI is InChI=1S/C14H10/c1-2-6-12-10-14-8-4-3-7-13(14)9-11(12)5-1/h1-10H/i1D,2D,3D,4D,5D,6D,7D,8D,9D. The van der Waals surface area contributed by atoms with Gasteiger partial charge >= 0.3 is 0 Å². The Morgan fingerprint density at radius 2 is 1.07 bits per heavy atom. The molecule has 0 aromatic heterocycles. The van der Waals surface area contributed by atoms with Crippen LogP contribution in [0.5, 0.6) is 0 Å². The van der Waals surface area contributed by atoms with Crippen molar-refractivity contribution in [1.82, 2.24) is 0 Å². The molecule has 0 unspecified atom stereocenters. The lowest BCUT2D eigenvalue weighted by atomic mass is 10.0. The first-order valence-electron chi connectivity index (χ1n) is 8.58. The lowest BCUT2D eigenvalue weighted by Gasteiger charge is -2.00. The molecule has 66 valence electrons. The van der Waals surface area contributed by atoms with Crippen LogP contribution in [0.3, 0.4) is 0 Å². The second-order valence-electron chi connectivity index (χ2n) is 2.85. The Morgan fingerprint density at radius 3 is 1.57 bits per heavy atom. The summed E-state index contributed by atoms with van der Waals surface area (Å²) in [4.78, 5) is 0. The van der Waals surface area contributed by atoms with Crippen LogP contribution in [-0.2, 0) is 0 Å². The third-order valence-corrected chi connectivity index (χ3v) is 1.97. The average Bonchev–Trinajstić information content (AvgIpc) is 2.53. The van der Waals surface area contributed by atoms with Crippen molar-refractivity contribution in [3.05, 3.63) is 60.4 Å². The van der Waals surface area contributed by atoms with Gasteiger partial charge in [0.15, 0.2) is 0 Å². The van der Waals surface area contributed by atoms with E-state index in [0.29, 0.717) is 0 Å². The molecule has 0 spiro atoms. The normalized spacial score (nSPS) is 19.9. The quantitative estimate of drug-likeness (QED) is 0.467. The molecule has 0 saturated heterocycles. The maximum atomic E-state index is 8.25. The number of hydrogen-bond donors (Lipinski definition) is 0. The first-order valence-corrected chi connectivity index (χ1v) is 4.08. The van der Waals surface area contributed by atoms with Gasteiger partial charge < -0.3 is 0 Å². The lowest BCUT2D eigenvalue weighted by Crippen LogP contribution is -1.74. The Bertz CT molecular complexity index is 929. The van der Waals surface area contributed by atoms with Crippen LogP contribution in [0, 0.1) is 0 Å². The van der Waals surface area contributed by atoms with Crippen LogP contribution in [0.4, 0.5) is 0 Å². The van der Waals surface area contributed by atoms with E-state index in [1.807, 2.05) is 0 Å². The molecule has 3 aromatic carbocycles. The summed E-state index contributed by atoms with van der Waals surface area (Å²) in [6.07, 6.45) is 0. The van der Waals surface area contributed by atoms with Gasteiger partial charge in [-0.25, -0.2) is 0 Å². The van der Waals surface area contributed by atoms with Gasteiger partial charge in [0, 0.05) is 0 Å². The Hall–Kier alpha value is -1.82. The fraction of sp³-hybridized carbons (Fsp3) is 0. The Morgan fingerprint density at radius 1 is 0.643 bits per heavy atom. The zero-order chi connectivity index (χ0) is 17.2. The molecule has 3 aromatic rings. The van der Waals surface area contributed by atoms with Crippen molar-refractivity contribution in [2.24, 2.45) is 0 Å². The van der Waals surface area contributed by atoms with Gasteiger partial charge in [-0.05, 0) is 33.7 Å². The summed E-state index contributed by atoms with van der Waals surface area (Å²) in [5.41, 5.74) is 0. The minimum Gasteiger partial charge on any atom is -0.0616 e. The van der Waals surface area contributed by atoms with Gasteiger partial charge in [0.1, 0.15) is 0 Å². The predicted octanol–water partition coefficient (Wildman–Crippen LogP) is 3.99. The molecule has 0 radical (unpaired) electrons. The van der Waals surface area contributed by atoms with Crippen LogP contribution in [0.25, 0.3) is 21.5 Å². The highest BCUT2D eigenvalue weighted by molar-refractivity contribution is 5.97. The van der Waals surface area contributed by atoms with Crippen LogP contribution in [0.15, 0.2) is 60.4 Å². The number of benzene rings is 3. The molecule has 0 heterocycles. The molecule has 0 amide bonds. The molecule has 0 saturated carbocycles. The van der Waals surface area contributed by atoms with Gasteiger partial charge in [-0.1, -0.05) is 48.3 Å². The number of hydrogen-bond acceptors (Lipinski definition) is 0. The molecule has 0 heteroatoms. The van der Waals surface area contributed by atoms with Crippen molar-refractivity contribution in [3.63, 3.8) is 0 Å². The average molecular weight is 187 g/mol. The van der Waals surface area contributed by atoms with E-state index >= 15 is 0 Å². The second-order valence-corrected chi connectivity index (χ2v) is 2.85. The lowest BCUT2D eigenvalue weighted by molar-refractivity contribution is 1.76. The van der Waals surface area contributed by atoms with Crippen molar-refractivity contribution in [1.29, 1.82) is 0 Å². The molecule has 0 N–H and O–H groups in total. The first-order chi connectivity index (χ1) is 10.7. The second kappa shape index (κ2) is 2.85. The summed E-state index contributed by atoms with van der Waals surface area (Å²) in [6.45, 7) is 0. The minimum absolute atomic E-state index is 0.0477. The molecule has 3 rings (SSSR count). The third-order valence-electron chi connectivity index (χ3n) is 1.97. The maximum Gasteiger partial charge on any atom is 0.0636 e. The number of rotatable bonds is 0. The summed E-state index contributed by atoms with van der Waals surface area (Å²) in [6, 6.07) is -2.29. The van der Waals surface area contributed by atoms with Crippen molar-refractivity contribution in [2.45, 2.75) is 0 Å². The van der Waals surface area contributed by atoms with Gasteiger partial charge in [0.2, 0.25) is 0 Å². The third kappa shape index (κ3) is 1.08. The van der Waals surface area contributed by atoms with Crippen LogP contribution >= 0.6 is 0 Å². The van der Waals surface area contributed by atoms with E-state index in [-0.39, 0.29) is 51.8 Å². The Balaban J connectivity index is 2.73. The van der Waals surface area contributed by atoms with E-state index in [0.717, 1.165) is 0 Å². The van der Waals surface area contributed by atoms with E-state index in [2.05, 4.69) is 0 Å². The zero-order valence-corrected chi connectivity index (χ0v) is 7.08. The van der Waals surface area contributed by atoms with Gasteiger partial charge in [0.05, 0.1) is 12.3 Å². The van der Waals surface area contributed by atoms with Crippen molar-refractivity contribution in [2.75, 3.05) is 0 Å². The molecular weight excluding hydrogens is 168 g/mol. The minimum atomic E-state index is -0.476. The summed E-state index contributed by atoms with van der Waals surface area (Å²) >= 11 is 0. The summed E-state index contributed by atoms with van der Waals surface area (Å²) in [7, 11) is 0.